The van der Waals surface area contributed by atoms with Gasteiger partial charge in [0, 0.05) is 18.8 Å². The molecule has 1 aromatic carbocycles. The normalized spacial score (nSPS) is 25.1. The number of esters is 1. The molecule has 2 aliphatic rings. The van der Waals surface area contributed by atoms with Crippen LogP contribution in [0, 0.1) is 11.7 Å². The van der Waals surface area contributed by atoms with Crippen LogP contribution in [-0.2, 0) is 25.5 Å². The highest BCUT2D eigenvalue weighted by Crippen LogP contribution is 2.25. The summed E-state index contributed by atoms with van der Waals surface area (Å²) in [4.78, 5) is 38.9. The molecule has 6 nitrogen and oxygen atoms in total. The minimum absolute atomic E-state index is 0.167. The molecule has 1 N–H and O–H groups in total. The highest BCUT2D eigenvalue weighted by atomic mass is 32.2. The topological polar surface area (TPSA) is 75.7 Å². The maximum Gasteiger partial charge on any atom is 0.310 e. The Balaban J connectivity index is 1.56. The van der Waals surface area contributed by atoms with Gasteiger partial charge in [0.25, 0.3) is 0 Å². The summed E-state index contributed by atoms with van der Waals surface area (Å²) >= 11 is 1.37. The molecule has 0 saturated carbocycles. The van der Waals surface area contributed by atoms with E-state index in [0.717, 1.165) is 6.42 Å². The van der Waals surface area contributed by atoms with Gasteiger partial charge in [0.1, 0.15) is 11.9 Å². The molecule has 1 aromatic rings. The smallest absolute Gasteiger partial charge is 0.310 e. The van der Waals surface area contributed by atoms with Crippen molar-refractivity contribution >= 4 is 29.5 Å². The number of carbonyl (C=O) groups excluding carboxylic acids is 3. The number of ether oxygens (including phenoxy) is 1. The van der Waals surface area contributed by atoms with Crippen LogP contribution in [0.3, 0.4) is 0 Å². The van der Waals surface area contributed by atoms with Crippen molar-refractivity contribution in [3.8, 4) is 0 Å². The Labute approximate surface area is 168 Å². The van der Waals surface area contributed by atoms with E-state index >= 15 is 0 Å². The lowest BCUT2D eigenvalue weighted by atomic mass is 9.97. The van der Waals surface area contributed by atoms with Crippen LogP contribution in [-0.4, -0.2) is 59.4 Å². The number of carbonyl (C=O) groups is 3. The molecule has 0 spiro atoms. The van der Waals surface area contributed by atoms with Crippen LogP contribution in [0.25, 0.3) is 0 Å². The predicted molar refractivity (Wildman–Crippen MR) is 104 cm³/mol. The third-order valence-electron chi connectivity index (χ3n) is 5.09. The summed E-state index contributed by atoms with van der Waals surface area (Å²) in [5.74, 6) is -0.890. The number of nitrogens with one attached hydrogen (secondary N) is 1. The van der Waals surface area contributed by atoms with Crippen LogP contribution in [0.2, 0.25) is 0 Å². The van der Waals surface area contributed by atoms with E-state index in [1.54, 1.807) is 30.0 Å². The number of nitrogens with zero attached hydrogens (tertiary/aromatic N) is 1. The Hall–Kier alpha value is -2.09. The van der Waals surface area contributed by atoms with E-state index in [9.17, 15) is 18.8 Å². The van der Waals surface area contributed by atoms with E-state index in [-0.39, 0.29) is 29.5 Å². The molecule has 2 fully saturated rings. The predicted octanol–water partition coefficient (Wildman–Crippen LogP) is 1.77. The first kappa shape index (κ1) is 20.6. The Morgan fingerprint density at radius 1 is 1.36 bits per heavy atom. The van der Waals surface area contributed by atoms with Crippen molar-refractivity contribution in [2.75, 3.05) is 25.4 Å². The van der Waals surface area contributed by atoms with Gasteiger partial charge in [0.15, 0.2) is 0 Å². The summed E-state index contributed by atoms with van der Waals surface area (Å²) in [5.41, 5.74) is 0.494. The average molecular weight is 408 g/mol. The fourth-order valence-electron chi connectivity index (χ4n) is 3.59. The largest absolute Gasteiger partial charge is 0.466 e. The van der Waals surface area contributed by atoms with Gasteiger partial charge in [-0.3, -0.25) is 14.4 Å². The van der Waals surface area contributed by atoms with Crippen LogP contribution >= 0.6 is 11.8 Å². The molecule has 0 radical (unpaired) electrons. The van der Waals surface area contributed by atoms with Gasteiger partial charge in [-0.25, -0.2) is 4.39 Å². The van der Waals surface area contributed by atoms with Gasteiger partial charge < -0.3 is 15.0 Å². The zero-order valence-corrected chi connectivity index (χ0v) is 16.7. The SMILES string of the molecule is CCOC(=O)[C@@H]1CCCN(C(=O)[C@@H]2CS[C@H](Cc3ccccc3F)C(=O)N2)C1. The molecule has 28 heavy (non-hydrogen) atoms. The molecule has 2 heterocycles. The molecule has 3 atom stereocenters. The quantitative estimate of drug-likeness (QED) is 0.752. The fraction of sp³-hybridized carbons (Fsp3) is 0.550. The van der Waals surface area contributed by atoms with Crippen molar-refractivity contribution in [3.05, 3.63) is 35.6 Å². The van der Waals surface area contributed by atoms with Gasteiger partial charge in [-0.2, -0.15) is 0 Å². The fourth-order valence-corrected chi connectivity index (χ4v) is 4.76. The monoisotopic (exact) mass is 408 g/mol. The molecule has 0 aliphatic carbocycles. The van der Waals surface area contributed by atoms with Gasteiger partial charge in [0.05, 0.1) is 17.8 Å². The van der Waals surface area contributed by atoms with Crippen molar-refractivity contribution in [3.63, 3.8) is 0 Å². The van der Waals surface area contributed by atoms with Gasteiger partial charge in [-0.1, -0.05) is 18.2 Å². The number of halogens is 1. The number of thioether (sulfide) groups is 1. The van der Waals surface area contributed by atoms with Crippen molar-refractivity contribution in [1.82, 2.24) is 10.2 Å². The van der Waals surface area contributed by atoms with Crippen LogP contribution in [0.1, 0.15) is 25.3 Å². The molecule has 2 saturated heterocycles. The van der Waals surface area contributed by atoms with E-state index in [0.29, 0.717) is 43.9 Å². The lowest BCUT2D eigenvalue weighted by Gasteiger charge is -2.36. The molecule has 0 bridgehead atoms. The minimum atomic E-state index is -0.615. The van der Waals surface area contributed by atoms with Crippen LogP contribution in [0.15, 0.2) is 24.3 Å². The molecule has 8 heteroatoms. The number of hydrogen-bond donors (Lipinski definition) is 1. The summed E-state index contributed by atoms with van der Waals surface area (Å²) in [6, 6.07) is 5.79. The standard InChI is InChI=1S/C20H25FN2O4S/c1-2-27-20(26)14-7-5-9-23(11-14)19(25)16-12-28-17(18(24)22-16)10-13-6-3-4-8-15(13)21/h3-4,6,8,14,16-17H,2,5,7,9-12H2,1H3,(H,22,24)/t14-,16+,17-/m1/s1. The summed E-state index contributed by atoms with van der Waals surface area (Å²) in [7, 11) is 0. The Kier molecular flexibility index (Phi) is 6.93. The zero-order chi connectivity index (χ0) is 20.1. The minimum Gasteiger partial charge on any atom is -0.466 e. The Morgan fingerprint density at radius 2 is 2.14 bits per heavy atom. The maximum atomic E-state index is 13.8. The van der Waals surface area contributed by atoms with Crippen LogP contribution < -0.4 is 5.32 Å². The number of piperidine rings is 1. The van der Waals surface area contributed by atoms with Gasteiger partial charge in [-0.15, -0.1) is 11.8 Å². The van der Waals surface area contributed by atoms with Crippen molar-refractivity contribution < 1.29 is 23.5 Å². The van der Waals surface area contributed by atoms with Crippen LogP contribution in [0.5, 0.6) is 0 Å². The van der Waals surface area contributed by atoms with Gasteiger partial charge >= 0.3 is 5.97 Å². The van der Waals surface area contributed by atoms with Crippen molar-refractivity contribution in [1.29, 1.82) is 0 Å². The molecule has 0 unspecified atom stereocenters. The number of benzene rings is 1. The Morgan fingerprint density at radius 3 is 2.86 bits per heavy atom. The molecule has 0 aromatic heterocycles. The summed E-state index contributed by atoms with van der Waals surface area (Å²) in [6.07, 6.45) is 1.73. The first-order valence-corrected chi connectivity index (χ1v) is 10.6. The van der Waals surface area contributed by atoms with E-state index in [4.69, 9.17) is 4.74 Å². The maximum absolute atomic E-state index is 13.8. The highest BCUT2D eigenvalue weighted by molar-refractivity contribution is 8.00. The molecule has 3 rings (SSSR count). The molecule has 2 amide bonds. The van der Waals surface area contributed by atoms with Crippen LogP contribution in [0.4, 0.5) is 4.39 Å². The third-order valence-corrected chi connectivity index (χ3v) is 6.40. The van der Waals surface area contributed by atoms with Crippen molar-refractivity contribution in [2.45, 2.75) is 37.5 Å². The van der Waals surface area contributed by atoms with E-state index < -0.39 is 11.3 Å². The average Bonchev–Trinajstić information content (AvgIpc) is 2.71. The molecular formula is C20H25FN2O4S. The molecular weight excluding hydrogens is 383 g/mol. The third kappa shape index (κ3) is 4.84. The van der Waals surface area contributed by atoms with E-state index in [1.807, 2.05) is 0 Å². The zero-order valence-electron chi connectivity index (χ0n) is 15.9. The molecule has 2 aliphatic heterocycles. The summed E-state index contributed by atoms with van der Waals surface area (Å²) in [6.45, 7) is 2.98. The Bertz CT molecular complexity index is 745. The lowest BCUT2D eigenvalue weighted by molar-refractivity contribution is -0.151. The highest BCUT2D eigenvalue weighted by Gasteiger charge is 2.37. The van der Waals surface area contributed by atoms with E-state index in [2.05, 4.69) is 5.32 Å². The number of likely N-dealkylation sites (tertiary alicyclic amines) is 1. The second kappa shape index (κ2) is 9.41. The van der Waals surface area contributed by atoms with Gasteiger partial charge in [0.2, 0.25) is 11.8 Å². The number of hydrogen-bond acceptors (Lipinski definition) is 5. The summed E-state index contributed by atoms with van der Waals surface area (Å²) < 4.78 is 18.9. The number of amides is 2. The second-order valence-electron chi connectivity index (χ2n) is 7.05. The molecule has 152 valence electrons. The first-order chi connectivity index (χ1) is 13.5. The van der Waals surface area contributed by atoms with Gasteiger partial charge in [-0.05, 0) is 37.8 Å². The lowest BCUT2D eigenvalue weighted by Crippen LogP contribution is -2.57. The second-order valence-corrected chi connectivity index (χ2v) is 8.29. The first-order valence-electron chi connectivity index (χ1n) is 9.60. The van der Waals surface area contributed by atoms with E-state index in [1.165, 1.54) is 17.8 Å². The summed E-state index contributed by atoms with van der Waals surface area (Å²) in [5, 5.41) is 2.36. The number of rotatable bonds is 5. The van der Waals surface area contributed by atoms with Crippen molar-refractivity contribution in [2.24, 2.45) is 5.92 Å².